The number of hydrogen-bond acceptors (Lipinski definition) is 6. The van der Waals surface area contributed by atoms with Gasteiger partial charge in [0.25, 0.3) is 0 Å². The molecule has 7 heteroatoms. The predicted octanol–water partition coefficient (Wildman–Crippen LogP) is 1.80. The standard InChI is InChI=1S/C18H20N6O/c1-25-7-5-20-12-3-6-24(11-12)16-2-4-21-18-17(16)14-8-13(9-19)22-10-15(14)23-18/h2,4,8,10,12,20H,3,5-7,11H2,1H3,(H,21,23)/t12-/m1/s1. The molecule has 0 aromatic carbocycles. The average Bonchev–Trinajstić information content (AvgIpc) is 3.25. The van der Waals surface area contributed by atoms with Crippen molar-refractivity contribution in [1.29, 1.82) is 5.26 Å². The van der Waals surface area contributed by atoms with E-state index in [0.717, 1.165) is 60.3 Å². The predicted molar refractivity (Wildman–Crippen MR) is 96.6 cm³/mol. The summed E-state index contributed by atoms with van der Waals surface area (Å²) in [6.45, 7) is 3.53. The zero-order chi connectivity index (χ0) is 17.2. The minimum Gasteiger partial charge on any atom is -0.383 e. The van der Waals surface area contributed by atoms with Crippen molar-refractivity contribution < 1.29 is 4.74 Å². The molecule has 4 rings (SSSR count). The van der Waals surface area contributed by atoms with E-state index in [4.69, 9.17) is 10.00 Å². The molecule has 2 N–H and O–H groups in total. The first-order valence-electron chi connectivity index (χ1n) is 8.44. The summed E-state index contributed by atoms with van der Waals surface area (Å²) in [7, 11) is 1.72. The van der Waals surface area contributed by atoms with Gasteiger partial charge in [0, 0.05) is 50.1 Å². The Hall–Kier alpha value is -2.69. The van der Waals surface area contributed by atoms with Crippen LogP contribution in [0.4, 0.5) is 5.69 Å². The maximum absolute atomic E-state index is 9.16. The Kier molecular flexibility index (Phi) is 4.22. The molecular weight excluding hydrogens is 316 g/mol. The summed E-state index contributed by atoms with van der Waals surface area (Å²) >= 11 is 0. The number of ether oxygens (including phenoxy) is 1. The molecule has 4 heterocycles. The summed E-state index contributed by atoms with van der Waals surface area (Å²) in [6, 6.07) is 6.47. The molecule has 3 aromatic rings. The van der Waals surface area contributed by atoms with E-state index in [1.807, 2.05) is 12.3 Å². The summed E-state index contributed by atoms with van der Waals surface area (Å²) in [4.78, 5) is 14.3. The summed E-state index contributed by atoms with van der Waals surface area (Å²) in [5.41, 5.74) is 3.31. The van der Waals surface area contributed by atoms with Crippen LogP contribution in [0.25, 0.3) is 21.9 Å². The SMILES string of the molecule is COCCN[C@@H]1CCN(c2ccnc3[nH]c4cnc(C#N)cc4c23)C1. The van der Waals surface area contributed by atoms with Crippen molar-refractivity contribution >= 4 is 27.6 Å². The largest absolute Gasteiger partial charge is 0.383 e. The highest BCUT2D eigenvalue weighted by molar-refractivity contribution is 6.12. The molecule has 128 valence electrons. The van der Waals surface area contributed by atoms with Crippen LogP contribution in [0.5, 0.6) is 0 Å². The maximum Gasteiger partial charge on any atom is 0.141 e. The number of fused-ring (bicyclic) bond motifs is 3. The lowest BCUT2D eigenvalue weighted by atomic mass is 10.1. The molecule has 1 fully saturated rings. The van der Waals surface area contributed by atoms with Crippen molar-refractivity contribution in [3.8, 4) is 6.07 Å². The molecule has 1 aliphatic heterocycles. The number of nitriles is 1. The Balaban J connectivity index is 1.69. The number of aromatic amines is 1. The van der Waals surface area contributed by atoms with Crippen LogP contribution in [-0.4, -0.2) is 54.3 Å². The van der Waals surface area contributed by atoms with Crippen LogP contribution in [0.15, 0.2) is 24.5 Å². The number of hydrogen-bond donors (Lipinski definition) is 2. The monoisotopic (exact) mass is 336 g/mol. The van der Waals surface area contributed by atoms with Gasteiger partial charge in [0.05, 0.1) is 23.7 Å². The van der Waals surface area contributed by atoms with E-state index in [0.29, 0.717) is 11.7 Å². The second kappa shape index (κ2) is 6.67. The Labute approximate surface area is 145 Å². The number of pyridine rings is 2. The molecule has 0 unspecified atom stereocenters. The third-order valence-electron chi connectivity index (χ3n) is 4.74. The van der Waals surface area contributed by atoms with Gasteiger partial charge in [-0.1, -0.05) is 0 Å². The van der Waals surface area contributed by atoms with Crippen LogP contribution < -0.4 is 10.2 Å². The number of rotatable bonds is 5. The van der Waals surface area contributed by atoms with Crippen LogP contribution in [0.3, 0.4) is 0 Å². The molecule has 1 aliphatic rings. The molecule has 7 nitrogen and oxygen atoms in total. The molecule has 0 spiro atoms. The fraction of sp³-hybridized carbons (Fsp3) is 0.389. The number of nitrogens with zero attached hydrogens (tertiary/aromatic N) is 4. The van der Waals surface area contributed by atoms with E-state index in [1.54, 1.807) is 13.3 Å². The Morgan fingerprint density at radius 2 is 2.40 bits per heavy atom. The number of H-pyrrole nitrogens is 1. The van der Waals surface area contributed by atoms with Crippen molar-refractivity contribution in [2.24, 2.45) is 0 Å². The zero-order valence-corrected chi connectivity index (χ0v) is 14.1. The van der Waals surface area contributed by atoms with Gasteiger partial charge in [-0.2, -0.15) is 5.26 Å². The summed E-state index contributed by atoms with van der Waals surface area (Å²) in [5, 5.41) is 14.8. The van der Waals surface area contributed by atoms with Crippen molar-refractivity contribution in [2.75, 3.05) is 38.3 Å². The van der Waals surface area contributed by atoms with E-state index in [1.165, 1.54) is 0 Å². The molecule has 0 saturated carbocycles. The quantitative estimate of drug-likeness (QED) is 0.691. The highest BCUT2D eigenvalue weighted by Gasteiger charge is 2.24. The van der Waals surface area contributed by atoms with Gasteiger partial charge in [-0.05, 0) is 18.6 Å². The van der Waals surface area contributed by atoms with Gasteiger partial charge in [0.2, 0.25) is 0 Å². The molecule has 0 amide bonds. The first kappa shape index (κ1) is 15.8. The molecule has 1 saturated heterocycles. The third kappa shape index (κ3) is 2.90. The minimum absolute atomic E-state index is 0.420. The minimum atomic E-state index is 0.420. The number of methoxy groups -OCH3 is 1. The van der Waals surface area contributed by atoms with Gasteiger partial charge in [-0.15, -0.1) is 0 Å². The number of anilines is 1. The maximum atomic E-state index is 9.16. The molecular formula is C18H20N6O. The van der Waals surface area contributed by atoms with Crippen LogP contribution in [0.2, 0.25) is 0 Å². The highest BCUT2D eigenvalue weighted by Crippen LogP contribution is 2.34. The lowest BCUT2D eigenvalue weighted by Crippen LogP contribution is -2.34. The zero-order valence-electron chi connectivity index (χ0n) is 14.1. The summed E-state index contributed by atoms with van der Waals surface area (Å²) in [5.74, 6) is 0. The van der Waals surface area contributed by atoms with Crippen molar-refractivity contribution in [3.63, 3.8) is 0 Å². The smallest absolute Gasteiger partial charge is 0.141 e. The second-order valence-corrected chi connectivity index (χ2v) is 6.28. The van der Waals surface area contributed by atoms with Gasteiger partial charge in [0.15, 0.2) is 0 Å². The Morgan fingerprint density at radius 1 is 1.48 bits per heavy atom. The van der Waals surface area contributed by atoms with Gasteiger partial charge >= 0.3 is 0 Å². The Bertz CT molecular complexity index is 944. The first-order valence-corrected chi connectivity index (χ1v) is 8.44. The molecule has 1 atom stereocenters. The first-order chi connectivity index (χ1) is 12.3. The van der Waals surface area contributed by atoms with Crippen molar-refractivity contribution in [1.82, 2.24) is 20.3 Å². The topological polar surface area (TPSA) is 89.9 Å². The fourth-order valence-electron chi connectivity index (χ4n) is 3.54. The van der Waals surface area contributed by atoms with Gasteiger partial charge in [0.1, 0.15) is 17.4 Å². The molecule has 0 aliphatic carbocycles. The average molecular weight is 336 g/mol. The molecule has 3 aromatic heterocycles. The van der Waals surface area contributed by atoms with Crippen molar-refractivity contribution in [2.45, 2.75) is 12.5 Å². The Morgan fingerprint density at radius 3 is 3.24 bits per heavy atom. The van der Waals surface area contributed by atoms with Gasteiger partial charge < -0.3 is 19.9 Å². The lowest BCUT2D eigenvalue weighted by molar-refractivity contribution is 0.196. The third-order valence-corrected chi connectivity index (χ3v) is 4.74. The van der Waals surface area contributed by atoms with E-state index < -0.39 is 0 Å². The molecule has 0 bridgehead atoms. The van der Waals surface area contributed by atoms with Crippen LogP contribution in [0, 0.1) is 11.3 Å². The molecule has 25 heavy (non-hydrogen) atoms. The fourth-order valence-corrected chi connectivity index (χ4v) is 3.54. The molecule has 0 radical (unpaired) electrons. The van der Waals surface area contributed by atoms with E-state index in [9.17, 15) is 0 Å². The van der Waals surface area contributed by atoms with Crippen molar-refractivity contribution in [3.05, 3.63) is 30.2 Å². The van der Waals surface area contributed by atoms with Gasteiger partial charge in [-0.25, -0.2) is 9.97 Å². The lowest BCUT2D eigenvalue weighted by Gasteiger charge is -2.20. The van der Waals surface area contributed by atoms with Crippen LogP contribution >= 0.6 is 0 Å². The number of nitrogens with one attached hydrogen (secondary N) is 2. The second-order valence-electron chi connectivity index (χ2n) is 6.28. The number of aromatic nitrogens is 3. The van der Waals surface area contributed by atoms with E-state index in [2.05, 4.69) is 37.3 Å². The normalized spacial score (nSPS) is 17.4. The van der Waals surface area contributed by atoms with E-state index in [-0.39, 0.29) is 0 Å². The van der Waals surface area contributed by atoms with Crippen LogP contribution in [0.1, 0.15) is 12.1 Å². The highest BCUT2D eigenvalue weighted by atomic mass is 16.5. The summed E-state index contributed by atoms with van der Waals surface area (Å²) in [6.07, 6.45) is 4.64. The van der Waals surface area contributed by atoms with E-state index >= 15 is 0 Å². The van der Waals surface area contributed by atoms with Gasteiger partial charge in [-0.3, -0.25) is 0 Å². The van der Waals surface area contributed by atoms with Crippen LogP contribution in [-0.2, 0) is 4.74 Å². The summed E-state index contributed by atoms with van der Waals surface area (Å²) < 4.78 is 5.11.